The zero-order chi connectivity index (χ0) is 12.8. The van der Waals surface area contributed by atoms with E-state index in [1.807, 2.05) is 6.07 Å². The van der Waals surface area contributed by atoms with Crippen molar-refractivity contribution in [2.45, 2.75) is 31.7 Å². The summed E-state index contributed by atoms with van der Waals surface area (Å²) in [6.07, 6.45) is 4.23. The van der Waals surface area contributed by atoms with Gasteiger partial charge in [0.05, 0.1) is 17.3 Å². The lowest BCUT2D eigenvalue weighted by Crippen LogP contribution is -2.39. The van der Waals surface area contributed by atoms with Gasteiger partial charge in [0.1, 0.15) is 6.07 Å². The van der Waals surface area contributed by atoms with Crippen LogP contribution in [0.5, 0.6) is 0 Å². The lowest BCUT2D eigenvalue weighted by Gasteiger charge is -2.16. The number of nitrogens with one attached hydrogen (secondary N) is 2. The molecule has 0 aliphatic carbocycles. The second kappa shape index (κ2) is 6.18. The quantitative estimate of drug-likeness (QED) is 0.835. The van der Waals surface area contributed by atoms with Gasteiger partial charge in [-0.1, -0.05) is 25.0 Å². The molecule has 0 bridgehead atoms. The highest BCUT2D eigenvalue weighted by Gasteiger charge is 2.20. The van der Waals surface area contributed by atoms with Gasteiger partial charge in [0, 0.05) is 0 Å². The third-order valence-corrected chi connectivity index (χ3v) is 3.18. The first-order valence-electron chi connectivity index (χ1n) is 6.34. The Balaban J connectivity index is 2.04. The van der Waals surface area contributed by atoms with Gasteiger partial charge in [-0.25, -0.2) is 0 Å². The molecule has 4 nitrogen and oxygen atoms in total. The number of amides is 1. The van der Waals surface area contributed by atoms with Gasteiger partial charge < -0.3 is 10.6 Å². The number of nitriles is 1. The minimum atomic E-state index is -0.140. The number of nitrogens with zero attached hydrogens (tertiary/aromatic N) is 1. The lowest BCUT2D eigenvalue weighted by molar-refractivity contribution is -0.118. The van der Waals surface area contributed by atoms with E-state index in [4.69, 9.17) is 5.26 Å². The summed E-state index contributed by atoms with van der Waals surface area (Å²) in [4.78, 5) is 12.1. The highest BCUT2D eigenvalue weighted by atomic mass is 16.2. The number of para-hydroxylation sites is 1. The van der Waals surface area contributed by atoms with Crippen molar-refractivity contribution >= 4 is 11.6 Å². The van der Waals surface area contributed by atoms with Gasteiger partial charge in [-0.15, -0.1) is 0 Å². The molecule has 2 N–H and O–H groups in total. The van der Waals surface area contributed by atoms with E-state index in [0.717, 1.165) is 25.8 Å². The predicted molar refractivity (Wildman–Crippen MR) is 70.0 cm³/mol. The van der Waals surface area contributed by atoms with Crippen molar-refractivity contribution in [3.8, 4) is 6.07 Å². The van der Waals surface area contributed by atoms with Gasteiger partial charge in [0.2, 0.25) is 5.91 Å². The molecule has 1 atom stereocenters. The molecular formula is C14H17N3O. The first-order valence-corrected chi connectivity index (χ1v) is 6.34. The van der Waals surface area contributed by atoms with Crippen molar-refractivity contribution < 1.29 is 4.79 Å². The Morgan fingerprint density at radius 1 is 1.33 bits per heavy atom. The van der Waals surface area contributed by atoms with Crippen LogP contribution in [-0.4, -0.2) is 18.5 Å². The molecule has 0 radical (unpaired) electrons. The molecule has 0 saturated carbocycles. The number of hydrogen-bond donors (Lipinski definition) is 2. The van der Waals surface area contributed by atoms with E-state index in [9.17, 15) is 4.79 Å². The molecule has 1 unspecified atom stereocenters. The van der Waals surface area contributed by atoms with Crippen LogP contribution < -0.4 is 10.6 Å². The summed E-state index contributed by atoms with van der Waals surface area (Å²) in [6.45, 7) is 0.887. The first-order chi connectivity index (χ1) is 8.81. The molecule has 0 spiro atoms. The third kappa shape index (κ3) is 3.08. The van der Waals surface area contributed by atoms with Crippen molar-refractivity contribution in [1.29, 1.82) is 5.26 Å². The van der Waals surface area contributed by atoms with Crippen molar-refractivity contribution in [3.63, 3.8) is 0 Å². The van der Waals surface area contributed by atoms with E-state index in [1.54, 1.807) is 18.2 Å². The number of hydrogen-bond acceptors (Lipinski definition) is 3. The number of benzene rings is 1. The molecule has 1 amide bonds. The fourth-order valence-electron chi connectivity index (χ4n) is 2.16. The predicted octanol–water partition coefficient (Wildman–Crippen LogP) is 2.03. The van der Waals surface area contributed by atoms with Gasteiger partial charge >= 0.3 is 0 Å². The summed E-state index contributed by atoms with van der Waals surface area (Å²) in [5.74, 6) is -0.0420. The molecule has 1 fully saturated rings. The van der Waals surface area contributed by atoms with Gasteiger partial charge in [-0.2, -0.15) is 5.26 Å². The molecule has 1 saturated heterocycles. The van der Waals surface area contributed by atoms with Crippen molar-refractivity contribution in [2.24, 2.45) is 0 Å². The Morgan fingerprint density at radius 3 is 3.00 bits per heavy atom. The van der Waals surface area contributed by atoms with Crippen LogP contribution in [0.25, 0.3) is 0 Å². The Hall–Kier alpha value is -1.86. The number of carbonyl (C=O) groups excluding carboxylic acids is 1. The van der Waals surface area contributed by atoms with E-state index in [2.05, 4.69) is 16.7 Å². The van der Waals surface area contributed by atoms with E-state index in [0.29, 0.717) is 11.3 Å². The second-order valence-corrected chi connectivity index (χ2v) is 4.50. The van der Waals surface area contributed by atoms with E-state index >= 15 is 0 Å². The summed E-state index contributed by atoms with van der Waals surface area (Å²) in [6, 6.07) is 9.01. The molecule has 94 valence electrons. The molecular weight excluding hydrogens is 226 g/mol. The largest absolute Gasteiger partial charge is 0.324 e. The molecule has 1 aliphatic rings. The molecule has 1 heterocycles. The van der Waals surface area contributed by atoms with Gasteiger partial charge in [0.15, 0.2) is 0 Å². The maximum absolute atomic E-state index is 12.1. The van der Waals surface area contributed by atoms with Crippen LogP contribution in [0.2, 0.25) is 0 Å². The van der Waals surface area contributed by atoms with Crippen LogP contribution >= 0.6 is 0 Å². The first kappa shape index (κ1) is 12.6. The number of carbonyl (C=O) groups is 1. The Labute approximate surface area is 107 Å². The van der Waals surface area contributed by atoms with Crippen molar-refractivity contribution in [3.05, 3.63) is 29.8 Å². The second-order valence-electron chi connectivity index (χ2n) is 4.50. The van der Waals surface area contributed by atoms with E-state index in [1.165, 1.54) is 6.42 Å². The minimum absolute atomic E-state index is 0.0420. The maximum atomic E-state index is 12.1. The van der Waals surface area contributed by atoms with Crippen molar-refractivity contribution in [2.75, 3.05) is 11.9 Å². The fraction of sp³-hybridized carbons (Fsp3) is 0.429. The van der Waals surface area contributed by atoms with Gasteiger partial charge in [0.25, 0.3) is 0 Å². The van der Waals surface area contributed by atoms with Crippen LogP contribution in [-0.2, 0) is 4.79 Å². The molecule has 18 heavy (non-hydrogen) atoms. The standard InChI is InChI=1S/C14H17N3O/c15-10-11-6-3-4-7-12(11)17-14(18)13-8-2-1-5-9-16-13/h3-4,6-7,13,16H,1-2,5,8-9H2,(H,17,18). The summed E-state index contributed by atoms with van der Waals surface area (Å²) in [5.41, 5.74) is 1.09. The number of anilines is 1. The van der Waals surface area contributed by atoms with Crippen LogP contribution in [0.4, 0.5) is 5.69 Å². The van der Waals surface area contributed by atoms with Gasteiger partial charge in [-0.3, -0.25) is 4.79 Å². The molecule has 2 rings (SSSR count). The molecule has 0 aromatic heterocycles. The van der Waals surface area contributed by atoms with E-state index in [-0.39, 0.29) is 11.9 Å². The summed E-state index contributed by atoms with van der Waals surface area (Å²) in [5, 5.41) is 15.0. The number of rotatable bonds is 2. The summed E-state index contributed by atoms with van der Waals surface area (Å²) < 4.78 is 0. The summed E-state index contributed by atoms with van der Waals surface area (Å²) in [7, 11) is 0. The highest BCUT2D eigenvalue weighted by molar-refractivity contribution is 5.95. The smallest absolute Gasteiger partial charge is 0.241 e. The fourth-order valence-corrected chi connectivity index (χ4v) is 2.16. The average molecular weight is 243 g/mol. The zero-order valence-electron chi connectivity index (χ0n) is 10.3. The normalized spacial score (nSPS) is 19.6. The third-order valence-electron chi connectivity index (χ3n) is 3.18. The van der Waals surface area contributed by atoms with Gasteiger partial charge in [-0.05, 0) is 31.5 Å². The van der Waals surface area contributed by atoms with Crippen LogP contribution in [0.15, 0.2) is 24.3 Å². The minimum Gasteiger partial charge on any atom is -0.324 e. The van der Waals surface area contributed by atoms with Crippen molar-refractivity contribution in [1.82, 2.24) is 5.32 Å². The highest BCUT2D eigenvalue weighted by Crippen LogP contribution is 2.15. The monoisotopic (exact) mass is 243 g/mol. The van der Waals surface area contributed by atoms with Crippen LogP contribution in [0, 0.1) is 11.3 Å². The molecule has 4 heteroatoms. The van der Waals surface area contributed by atoms with Crippen LogP contribution in [0.3, 0.4) is 0 Å². The molecule has 1 aromatic rings. The molecule has 1 aliphatic heterocycles. The lowest BCUT2D eigenvalue weighted by atomic mass is 10.1. The molecule has 1 aromatic carbocycles. The van der Waals surface area contributed by atoms with E-state index < -0.39 is 0 Å². The van der Waals surface area contributed by atoms with Crippen LogP contribution in [0.1, 0.15) is 31.2 Å². The topological polar surface area (TPSA) is 64.9 Å². The Morgan fingerprint density at radius 2 is 2.17 bits per heavy atom. The Bertz CT molecular complexity index is 456. The average Bonchev–Trinajstić information content (AvgIpc) is 2.68. The summed E-state index contributed by atoms with van der Waals surface area (Å²) >= 11 is 0. The zero-order valence-corrected chi connectivity index (χ0v) is 10.3. The Kier molecular flexibility index (Phi) is 4.32. The maximum Gasteiger partial charge on any atom is 0.241 e. The SMILES string of the molecule is N#Cc1ccccc1NC(=O)C1CCCCCN1.